The van der Waals surface area contributed by atoms with E-state index in [1.807, 2.05) is 6.92 Å². The van der Waals surface area contributed by atoms with Crippen LogP contribution in [0.5, 0.6) is 0 Å². The van der Waals surface area contributed by atoms with Gasteiger partial charge in [0.25, 0.3) is 11.5 Å². The summed E-state index contributed by atoms with van der Waals surface area (Å²) in [7, 11) is 1.56. The van der Waals surface area contributed by atoms with Crippen LogP contribution in [0.3, 0.4) is 0 Å². The van der Waals surface area contributed by atoms with Crippen LogP contribution in [0.25, 0.3) is 0 Å². The van der Waals surface area contributed by atoms with Crippen molar-refractivity contribution in [3.8, 4) is 0 Å². The maximum atomic E-state index is 13.0. The minimum Gasteiger partial charge on any atom is -0.383 e. The van der Waals surface area contributed by atoms with Gasteiger partial charge in [-0.3, -0.25) is 9.59 Å². The van der Waals surface area contributed by atoms with Crippen molar-refractivity contribution in [2.24, 2.45) is 0 Å². The molecule has 6 heteroatoms. The number of aromatic nitrogens is 2. The number of benzene rings is 1. The predicted molar refractivity (Wildman–Crippen MR) is 96.3 cm³/mol. The minimum atomic E-state index is -0.237. The third-order valence-corrected chi connectivity index (χ3v) is 4.53. The fourth-order valence-electron chi connectivity index (χ4n) is 3.33. The maximum absolute atomic E-state index is 13.0. The van der Waals surface area contributed by atoms with Crippen LogP contribution in [-0.4, -0.2) is 35.9 Å². The van der Waals surface area contributed by atoms with Gasteiger partial charge < -0.3 is 9.64 Å². The Morgan fingerprint density at radius 3 is 2.84 bits per heavy atom. The summed E-state index contributed by atoms with van der Waals surface area (Å²) in [4.78, 5) is 26.7. The normalized spacial score (nSPS) is 13.6. The van der Waals surface area contributed by atoms with Gasteiger partial charge in [-0.15, -0.1) is 0 Å². The highest BCUT2D eigenvalue weighted by atomic mass is 16.5. The van der Waals surface area contributed by atoms with E-state index in [-0.39, 0.29) is 17.2 Å². The van der Waals surface area contributed by atoms with Crippen LogP contribution in [0.4, 0.5) is 5.69 Å². The van der Waals surface area contributed by atoms with Crippen LogP contribution in [0, 0.1) is 13.8 Å². The number of nitrogens with zero attached hydrogens (tertiary/aromatic N) is 3. The number of carbonyl (C=O) groups excluding carboxylic acids is 1. The molecule has 1 amide bonds. The zero-order valence-electron chi connectivity index (χ0n) is 14.9. The highest BCUT2D eigenvalue weighted by molar-refractivity contribution is 6.05. The largest absolute Gasteiger partial charge is 0.383 e. The lowest BCUT2D eigenvalue weighted by Crippen LogP contribution is -2.37. The van der Waals surface area contributed by atoms with E-state index in [1.165, 1.54) is 27.9 Å². The molecule has 1 aromatic heterocycles. The Morgan fingerprint density at radius 1 is 1.28 bits per heavy atom. The second-order valence-electron chi connectivity index (χ2n) is 6.41. The number of hydrogen-bond acceptors (Lipinski definition) is 4. The molecule has 0 saturated carbocycles. The molecule has 3 rings (SSSR count). The number of hydrogen-bond donors (Lipinski definition) is 0. The van der Waals surface area contributed by atoms with Gasteiger partial charge in [0.05, 0.1) is 13.2 Å². The molecule has 25 heavy (non-hydrogen) atoms. The average molecular weight is 341 g/mol. The van der Waals surface area contributed by atoms with E-state index in [1.54, 1.807) is 12.0 Å². The summed E-state index contributed by atoms with van der Waals surface area (Å²) in [5.74, 6) is -0.169. The lowest BCUT2D eigenvalue weighted by molar-refractivity contribution is 0.0976. The van der Waals surface area contributed by atoms with E-state index in [0.29, 0.717) is 19.7 Å². The number of carbonyl (C=O) groups is 1. The molecule has 2 aromatic rings. The van der Waals surface area contributed by atoms with E-state index < -0.39 is 0 Å². The molecule has 1 aromatic carbocycles. The number of fused-ring (bicyclic) bond motifs is 1. The molecular formula is C19H23N3O3. The van der Waals surface area contributed by atoms with Crippen molar-refractivity contribution in [1.82, 2.24) is 9.78 Å². The summed E-state index contributed by atoms with van der Waals surface area (Å²) in [6, 6.07) is 7.10. The number of methoxy groups -OCH3 is 1. The van der Waals surface area contributed by atoms with Crippen molar-refractivity contribution in [2.75, 3.05) is 25.2 Å². The topological polar surface area (TPSA) is 64.4 Å². The second-order valence-corrected chi connectivity index (χ2v) is 6.41. The van der Waals surface area contributed by atoms with E-state index in [9.17, 15) is 9.59 Å². The Bertz CT molecular complexity index is 857. The van der Waals surface area contributed by atoms with Crippen molar-refractivity contribution in [2.45, 2.75) is 33.2 Å². The molecular weight excluding hydrogens is 318 g/mol. The van der Waals surface area contributed by atoms with Crippen molar-refractivity contribution >= 4 is 11.6 Å². The first-order valence-corrected chi connectivity index (χ1v) is 8.50. The van der Waals surface area contributed by atoms with Crippen molar-refractivity contribution < 1.29 is 9.53 Å². The fraction of sp³-hybridized carbons (Fsp3) is 0.421. The highest BCUT2D eigenvalue weighted by Gasteiger charge is 2.26. The van der Waals surface area contributed by atoms with Gasteiger partial charge in [0, 0.05) is 25.4 Å². The van der Waals surface area contributed by atoms with Gasteiger partial charge in [-0.1, -0.05) is 6.07 Å². The number of ether oxygens (including phenoxy) is 1. The van der Waals surface area contributed by atoms with Gasteiger partial charge >= 0.3 is 0 Å². The molecule has 1 aliphatic heterocycles. The smallest absolute Gasteiger partial charge is 0.278 e. The Labute approximate surface area is 147 Å². The molecule has 0 spiro atoms. The zero-order valence-corrected chi connectivity index (χ0v) is 14.9. The van der Waals surface area contributed by atoms with Gasteiger partial charge in [-0.05, 0) is 55.5 Å². The summed E-state index contributed by atoms with van der Waals surface area (Å²) < 4.78 is 6.28. The first-order valence-electron chi connectivity index (χ1n) is 8.50. The summed E-state index contributed by atoms with van der Waals surface area (Å²) in [5, 5.41) is 4.24. The second kappa shape index (κ2) is 7.19. The average Bonchev–Trinajstić information content (AvgIpc) is 2.60. The van der Waals surface area contributed by atoms with Crippen LogP contribution >= 0.6 is 0 Å². The lowest BCUT2D eigenvalue weighted by Gasteiger charge is -2.30. The Morgan fingerprint density at radius 2 is 2.08 bits per heavy atom. The fourth-order valence-corrected chi connectivity index (χ4v) is 3.33. The summed E-state index contributed by atoms with van der Waals surface area (Å²) in [6.07, 6.45) is 1.90. The van der Waals surface area contributed by atoms with Crippen LogP contribution in [-0.2, 0) is 17.7 Å². The number of amides is 1. The molecule has 6 nitrogen and oxygen atoms in total. The lowest BCUT2D eigenvalue weighted by atomic mass is 9.95. The van der Waals surface area contributed by atoms with Crippen LogP contribution in [0.2, 0.25) is 0 Å². The molecule has 0 aliphatic carbocycles. The van der Waals surface area contributed by atoms with Crippen LogP contribution in [0.15, 0.2) is 29.1 Å². The predicted octanol–water partition coefficient (Wildman–Crippen LogP) is 2.10. The highest BCUT2D eigenvalue weighted by Crippen LogP contribution is 2.31. The van der Waals surface area contributed by atoms with Gasteiger partial charge in [0.1, 0.15) is 5.69 Å². The number of anilines is 1. The minimum absolute atomic E-state index is 0.169. The third kappa shape index (κ3) is 3.49. The Hall–Kier alpha value is -2.47. The molecule has 132 valence electrons. The van der Waals surface area contributed by atoms with Gasteiger partial charge in [0.2, 0.25) is 0 Å². The van der Waals surface area contributed by atoms with Crippen molar-refractivity contribution in [3.05, 3.63) is 57.0 Å². The molecule has 0 bridgehead atoms. The van der Waals surface area contributed by atoms with Gasteiger partial charge in [-0.2, -0.15) is 5.10 Å². The van der Waals surface area contributed by atoms with E-state index in [4.69, 9.17) is 4.74 Å². The van der Waals surface area contributed by atoms with Crippen LogP contribution in [0.1, 0.15) is 33.6 Å². The van der Waals surface area contributed by atoms with Crippen molar-refractivity contribution in [1.29, 1.82) is 0 Å². The van der Waals surface area contributed by atoms with Crippen LogP contribution < -0.4 is 10.5 Å². The van der Waals surface area contributed by atoms with Gasteiger partial charge in [-0.25, -0.2) is 4.68 Å². The zero-order chi connectivity index (χ0) is 18.0. The molecule has 0 atom stereocenters. The SMILES string of the molecule is COCCn1nc(C(=O)N2CCCc3c(C)cc(C)cc32)ccc1=O. The van der Waals surface area contributed by atoms with E-state index in [0.717, 1.165) is 24.1 Å². The Kier molecular flexibility index (Phi) is 4.99. The molecule has 0 N–H and O–H groups in total. The van der Waals surface area contributed by atoms with Crippen molar-refractivity contribution in [3.63, 3.8) is 0 Å². The summed E-state index contributed by atoms with van der Waals surface area (Å²) in [6.45, 7) is 5.48. The quantitative estimate of drug-likeness (QED) is 0.854. The first kappa shape index (κ1) is 17.4. The first-order chi connectivity index (χ1) is 12.0. The molecule has 0 radical (unpaired) electrons. The number of aryl methyl sites for hydroxylation is 2. The molecule has 0 fully saturated rings. The van der Waals surface area contributed by atoms with Gasteiger partial charge in [0.15, 0.2) is 0 Å². The monoisotopic (exact) mass is 341 g/mol. The summed E-state index contributed by atoms with van der Waals surface area (Å²) >= 11 is 0. The van der Waals surface area contributed by atoms with E-state index >= 15 is 0 Å². The molecule has 0 unspecified atom stereocenters. The molecule has 1 aliphatic rings. The standard InChI is InChI=1S/C19H23N3O3/c1-13-11-14(2)15-5-4-8-21(17(15)12-13)19(24)16-6-7-18(23)22(20-16)9-10-25-3/h6-7,11-12H,4-5,8-10H2,1-3H3. The van der Waals surface area contributed by atoms with E-state index in [2.05, 4.69) is 24.2 Å². The summed E-state index contributed by atoms with van der Waals surface area (Å²) in [5.41, 5.74) is 4.57. The number of rotatable bonds is 4. The third-order valence-electron chi connectivity index (χ3n) is 4.53. The molecule has 0 saturated heterocycles. The maximum Gasteiger partial charge on any atom is 0.278 e. The molecule has 2 heterocycles. The Balaban J connectivity index is 1.97.